The highest BCUT2D eigenvalue weighted by Crippen LogP contribution is 2.43. The number of aliphatic hydroxyl groups excluding tert-OH is 6. The van der Waals surface area contributed by atoms with Crippen LogP contribution in [0.5, 0.6) is 0 Å². The minimum absolute atomic E-state index is 0.0402. The van der Waals surface area contributed by atoms with E-state index in [4.69, 9.17) is 48.4 Å². The molecular formula is C52H85N3O19S. The highest BCUT2D eigenvalue weighted by Gasteiger charge is 2.52. The van der Waals surface area contributed by atoms with Gasteiger partial charge in [-0.2, -0.15) is 0 Å². The summed E-state index contributed by atoms with van der Waals surface area (Å²) < 4.78 is 55.5. The standard InChI is InChI=1S/C52H85N3O19S/c1-13-36-30(23-68-51-46(67-12)45(66-11)41(61)27(5)70-51)16-24(2)14-15-34(58)25(3)17-32(37-18-33(48(53)75-37)49(64)54-21-31(57)22-56)43(26(4)35(59)19-38(60)72-36)74-50-42(62)40(55(9)10)44(28(6)71-50)73-39-20-52(8,65)47(63)29(7)69-39/h14-16,18,25-32,35-36,39-47,50-51,56-57,59,61-63,65H,13,17,19-23,53H2,1-12H3,(H,54,64)/b15-14+,24-16+/t25-,26+,27-,28-,29+,30-,31?,32-,35-,36-,39+,40-,41-,42-,43-,44-,45-,46-,47+,50+,51-,52-/m1/s1. The van der Waals surface area contributed by atoms with E-state index in [0.29, 0.717) is 16.9 Å². The first-order valence-corrected chi connectivity index (χ1v) is 26.7. The fraction of sp³-hybridized carbons (Fsp3) is 0.788. The second kappa shape index (κ2) is 27.7. The molecule has 5 rings (SSSR count). The number of carbonyl (C=O) groups excluding carboxylic acids is 3. The summed E-state index contributed by atoms with van der Waals surface area (Å²) >= 11 is 1.04. The monoisotopic (exact) mass is 1090 g/mol. The predicted octanol–water partition coefficient (Wildman–Crippen LogP) is 1.14. The molecule has 3 fully saturated rings. The quantitative estimate of drug-likeness (QED) is 0.105. The van der Waals surface area contributed by atoms with E-state index >= 15 is 0 Å². The topological polar surface area (TPSA) is 317 Å². The molecule has 0 spiro atoms. The van der Waals surface area contributed by atoms with Gasteiger partial charge in [0.2, 0.25) is 0 Å². The maximum atomic E-state index is 14.3. The molecule has 5 heterocycles. The Balaban J connectivity index is 1.54. The molecule has 22 atom stereocenters. The minimum atomic E-state index is -1.54. The molecule has 3 saturated heterocycles. The number of esters is 1. The van der Waals surface area contributed by atoms with Gasteiger partial charge in [0.25, 0.3) is 5.91 Å². The molecule has 23 heteroatoms. The summed E-state index contributed by atoms with van der Waals surface area (Å²) in [5.74, 6) is -4.88. The number of carbonyl (C=O) groups is 3. The Bertz CT molecular complexity index is 2070. The zero-order chi connectivity index (χ0) is 55.8. The number of nitrogens with zero attached hydrogens (tertiary/aromatic N) is 1. The van der Waals surface area contributed by atoms with Crippen molar-refractivity contribution >= 4 is 34.0 Å². The molecule has 75 heavy (non-hydrogen) atoms. The number of methoxy groups -OCH3 is 2. The highest BCUT2D eigenvalue weighted by molar-refractivity contribution is 7.16. The van der Waals surface area contributed by atoms with Gasteiger partial charge < -0.3 is 94.3 Å². The summed E-state index contributed by atoms with van der Waals surface area (Å²) in [5, 5.41) is 78.9. The van der Waals surface area contributed by atoms with Crippen LogP contribution >= 0.6 is 11.3 Å². The first-order chi connectivity index (χ1) is 35.3. The van der Waals surface area contributed by atoms with Gasteiger partial charge in [-0.15, -0.1) is 11.3 Å². The average Bonchev–Trinajstić information content (AvgIpc) is 3.75. The molecule has 22 nitrogen and oxygen atoms in total. The number of aliphatic hydroxyl groups is 7. The Morgan fingerprint density at radius 3 is 2.21 bits per heavy atom. The Labute approximate surface area is 444 Å². The van der Waals surface area contributed by atoms with Crippen LogP contribution in [0, 0.1) is 17.8 Å². The van der Waals surface area contributed by atoms with Crippen molar-refractivity contribution in [3.05, 3.63) is 40.3 Å². The van der Waals surface area contributed by atoms with Gasteiger partial charge in [0.1, 0.15) is 42.7 Å². The number of likely N-dealkylation sites (N-methyl/N-ethyl adjacent to an activating group) is 1. The van der Waals surface area contributed by atoms with E-state index in [9.17, 15) is 50.1 Å². The van der Waals surface area contributed by atoms with Crippen LogP contribution in [0.1, 0.15) is 102 Å². The van der Waals surface area contributed by atoms with Crippen molar-refractivity contribution in [2.45, 2.75) is 197 Å². The molecule has 1 aromatic heterocycles. The van der Waals surface area contributed by atoms with Gasteiger partial charge in [-0.1, -0.05) is 38.5 Å². The van der Waals surface area contributed by atoms with Gasteiger partial charge in [0, 0.05) is 55.7 Å². The number of hydrogen-bond donors (Lipinski definition) is 9. The van der Waals surface area contributed by atoms with Gasteiger partial charge in [-0.3, -0.25) is 14.4 Å². The van der Waals surface area contributed by atoms with E-state index in [0.717, 1.165) is 11.3 Å². The summed E-state index contributed by atoms with van der Waals surface area (Å²) in [6, 6.07) is 0.708. The molecule has 1 aromatic rings. The van der Waals surface area contributed by atoms with Crippen molar-refractivity contribution < 1.29 is 92.8 Å². The van der Waals surface area contributed by atoms with Gasteiger partial charge >= 0.3 is 5.97 Å². The number of ketones is 1. The summed E-state index contributed by atoms with van der Waals surface area (Å²) in [6.07, 6.45) is -11.7. The van der Waals surface area contributed by atoms with E-state index in [1.54, 1.807) is 66.6 Å². The predicted molar refractivity (Wildman–Crippen MR) is 273 cm³/mol. The fourth-order valence-corrected chi connectivity index (χ4v) is 11.5. The molecule has 10 N–H and O–H groups in total. The SMILES string of the molecule is CC[C@H]1OC(=O)C[C@@H](O)[C@H](C)[C@@H](O[C@@H]2O[C@H](C)[C@@H](O[C@H]3C[C@@](C)(O)[C@@H](O)[C@H](C)O3)[C@H](N(C)C)[C@H]2O)[C@@H](c2cc(C(=O)NCC(O)CO)c(N)s2)C[C@@H](C)C(=O)/C=C/C(C)=C/[C@@H]1CO[C@@H]1O[C@H](C)[C@@H](O)[C@@H](OC)[C@H]1OC. The van der Waals surface area contributed by atoms with Crippen molar-refractivity contribution in [3.63, 3.8) is 0 Å². The molecule has 0 aliphatic carbocycles. The second-order valence-corrected chi connectivity index (χ2v) is 22.3. The Hall–Kier alpha value is -3.05. The number of nitrogen functional groups attached to an aromatic ring is 1. The van der Waals surface area contributed by atoms with E-state index in [1.165, 1.54) is 33.3 Å². The summed E-state index contributed by atoms with van der Waals surface area (Å²) in [6.45, 7) is 12.6. The van der Waals surface area contributed by atoms with E-state index < -0.39 is 158 Å². The van der Waals surface area contributed by atoms with Crippen molar-refractivity contribution in [1.29, 1.82) is 0 Å². The number of amides is 1. The summed E-state index contributed by atoms with van der Waals surface area (Å²) in [7, 11) is 6.37. The number of cyclic esters (lactones) is 1. The molecule has 0 aromatic carbocycles. The van der Waals surface area contributed by atoms with Crippen molar-refractivity contribution in [3.8, 4) is 0 Å². The van der Waals surface area contributed by atoms with Crippen molar-refractivity contribution in [1.82, 2.24) is 10.2 Å². The number of rotatable bonds is 16. The third-order valence-corrected chi connectivity index (χ3v) is 16.1. The lowest BCUT2D eigenvalue weighted by atomic mass is 9.80. The van der Waals surface area contributed by atoms with Crippen LogP contribution < -0.4 is 11.1 Å². The molecule has 1 amide bonds. The highest BCUT2D eigenvalue weighted by atomic mass is 32.1. The smallest absolute Gasteiger partial charge is 0.308 e. The van der Waals surface area contributed by atoms with Gasteiger partial charge in [0.15, 0.2) is 24.7 Å². The van der Waals surface area contributed by atoms with Crippen LogP contribution in [0.3, 0.4) is 0 Å². The molecule has 0 radical (unpaired) electrons. The molecule has 0 bridgehead atoms. The molecule has 1 unspecified atom stereocenters. The molecular weight excluding hydrogens is 1000 g/mol. The number of nitrogens with one attached hydrogen (secondary N) is 1. The van der Waals surface area contributed by atoms with E-state index in [1.807, 2.05) is 13.0 Å². The number of ether oxygens (including phenoxy) is 9. The zero-order valence-electron chi connectivity index (χ0n) is 45.3. The number of thiophene rings is 1. The Kier molecular flexibility index (Phi) is 23.2. The Morgan fingerprint density at radius 2 is 1.60 bits per heavy atom. The lowest BCUT2D eigenvalue weighted by molar-refractivity contribution is -0.340. The summed E-state index contributed by atoms with van der Waals surface area (Å²) in [4.78, 5) is 44.1. The molecule has 4 aliphatic rings. The van der Waals surface area contributed by atoms with Crippen LogP contribution in [0.15, 0.2) is 29.9 Å². The molecule has 4 aliphatic heterocycles. The first-order valence-electron chi connectivity index (χ1n) is 25.9. The second-order valence-electron chi connectivity index (χ2n) is 21.2. The van der Waals surface area contributed by atoms with Gasteiger partial charge in [0.05, 0.1) is 78.5 Å². The lowest BCUT2D eigenvalue weighted by Gasteiger charge is -2.50. The molecule has 0 saturated carbocycles. The zero-order valence-corrected chi connectivity index (χ0v) is 46.2. The van der Waals surface area contributed by atoms with Crippen LogP contribution in [0.2, 0.25) is 0 Å². The maximum absolute atomic E-state index is 14.3. The maximum Gasteiger partial charge on any atom is 0.308 e. The third kappa shape index (κ3) is 15.6. The normalized spacial score (nSPS) is 41.4. The number of hydrogen-bond acceptors (Lipinski definition) is 22. The number of allylic oxidation sites excluding steroid dienone is 3. The van der Waals surface area contributed by atoms with E-state index in [-0.39, 0.29) is 42.3 Å². The van der Waals surface area contributed by atoms with E-state index in [2.05, 4.69) is 5.32 Å². The summed E-state index contributed by atoms with van der Waals surface area (Å²) in [5.41, 5.74) is 5.67. The first kappa shape index (κ1) is 62.8. The van der Waals surface area contributed by atoms with Crippen molar-refractivity contribution in [2.24, 2.45) is 17.8 Å². The fourth-order valence-electron chi connectivity index (χ4n) is 10.4. The van der Waals surface area contributed by atoms with Gasteiger partial charge in [-0.25, -0.2) is 0 Å². The van der Waals surface area contributed by atoms with Crippen LogP contribution in [0.4, 0.5) is 5.00 Å². The number of anilines is 1. The van der Waals surface area contributed by atoms with Crippen LogP contribution in [-0.2, 0) is 52.2 Å². The van der Waals surface area contributed by atoms with Crippen molar-refractivity contribution in [2.75, 3.05) is 53.8 Å². The minimum Gasteiger partial charge on any atom is -0.462 e. The van der Waals surface area contributed by atoms with Crippen LogP contribution in [0.25, 0.3) is 0 Å². The lowest BCUT2D eigenvalue weighted by Crippen LogP contribution is -2.65. The number of nitrogens with two attached hydrogens (primary N) is 1. The van der Waals surface area contributed by atoms with Gasteiger partial charge in [-0.05, 0) is 73.7 Å². The van der Waals surface area contributed by atoms with Crippen LogP contribution in [-0.4, -0.2) is 216 Å². The largest absolute Gasteiger partial charge is 0.462 e. The third-order valence-electron chi connectivity index (χ3n) is 15.0. The Morgan fingerprint density at radius 1 is 0.933 bits per heavy atom. The molecule has 428 valence electrons. The average molecular weight is 1090 g/mol.